The molecule has 0 aromatic heterocycles. The van der Waals surface area contributed by atoms with Crippen LogP contribution in [-0.2, 0) is 19.5 Å². The van der Waals surface area contributed by atoms with Crippen molar-refractivity contribution in [1.82, 2.24) is 4.31 Å². The number of ketones is 1. The lowest BCUT2D eigenvalue weighted by Gasteiger charge is -2.26. The summed E-state index contributed by atoms with van der Waals surface area (Å²) in [5, 5.41) is 0. The van der Waals surface area contributed by atoms with Gasteiger partial charge in [0.25, 0.3) is 0 Å². The largest absolute Gasteiger partial charge is 0.454 e. The maximum absolute atomic E-state index is 13.2. The zero-order valence-corrected chi connectivity index (χ0v) is 15.7. The van der Waals surface area contributed by atoms with Crippen LogP contribution in [0.25, 0.3) is 0 Å². The molecule has 2 aromatic rings. The van der Waals surface area contributed by atoms with Crippen LogP contribution in [0.2, 0.25) is 0 Å². The molecule has 0 bridgehead atoms. The Kier molecular flexibility index (Phi) is 6.18. The van der Waals surface area contributed by atoms with Gasteiger partial charge in [0.05, 0.1) is 23.7 Å². The molecule has 1 fully saturated rings. The fourth-order valence-corrected chi connectivity index (χ4v) is 4.13. The zero-order chi connectivity index (χ0) is 20.1. The quantitative estimate of drug-likeness (QED) is 0.537. The van der Waals surface area contributed by atoms with Gasteiger partial charge in [0.2, 0.25) is 10.0 Å². The molecule has 148 valence electrons. The number of halogens is 1. The topological polar surface area (TPSA) is 90.0 Å². The van der Waals surface area contributed by atoms with Gasteiger partial charge in [-0.2, -0.15) is 4.31 Å². The van der Waals surface area contributed by atoms with Crippen LogP contribution in [-0.4, -0.2) is 57.4 Å². The van der Waals surface area contributed by atoms with Crippen LogP contribution < -0.4 is 0 Å². The summed E-state index contributed by atoms with van der Waals surface area (Å²) in [5.74, 6) is -1.98. The second kappa shape index (κ2) is 8.59. The maximum atomic E-state index is 13.2. The molecule has 1 aliphatic heterocycles. The third-order valence-electron chi connectivity index (χ3n) is 4.16. The van der Waals surface area contributed by atoms with Crippen LogP contribution in [0.4, 0.5) is 4.39 Å². The van der Waals surface area contributed by atoms with E-state index in [1.54, 1.807) is 0 Å². The van der Waals surface area contributed by atoms with Gasteiger partial charge < -0.3 is 9.47 Å². The van der Waals surface area contributed by atoms with Crippen molar-refractivity contribution in [2.24, 2.45) is 0 Å². The van der Waals surface area contributed by atoms with E-state index in [0.29, 0.717) is 13.2 Å². The van der Waals surface area contributed by atoms with E-state index in [9.17, 15) is 22.4 Å². The average Bonchev–Trinajstić information content (AvgIpc) is 2.72. The summed E-state index contributed by atoms with van der Waals surface area (Å²) in [6.07, 6.45) is 0. The summed E-state index contributed by atoms with van der Waals surface area (Å²) >= 11 is 0. The van der Waals surface area contributed by atoms with E-state index in [-0.39, 0.29) is 29.1 Å². The minimum atomic E-state index is -3.76. The number of ether oxygens (including phenoxy) is 2. The first-order chi connectivity index (χ1) is 13.4. The van der Waals surface area contributed by atoms with Gasteiger partial charge in [-0.1, -0.05) is 18.2 Å². The van der Waals surface area contributed by atoms with Crippen LogP contribution in [0.15, 0.2) is 53.4 Å². The highest BCUT2D eigenvalue weighted by atomic mass is 32.2. The van der Waals surface area contributed by atoms with Crippen molar-refractivity contribution in [2.75, 3.05) is 32.9 Å². The Morgan fingerprint density at radius 2 is 1.71 bits per heavy atom. The number of Topliss-reactive ketones (excluding diaryl/α,β-unsaturated/α-hetero) is 1. The van der Waals surface area contributed by atoms with Crippen molar-refractivity contribution < 1.29 is 31.9 Å². The van der Waals surface area contributed by atoms with Crippen molar-refractivity contribution in [3.05, 3.63) is 65.5 Å². The third kappa shape index (κ3) is 4.61. The maximum Gasteiger partial charge on any atom is 0.338 e. The summed E-state index contributed by atoms with van der Waals surface area (Å²) in [4.78, 5) is 24.2. The van der Waals surface area contributed by atoms with Crippen LogP contribution in [0.3, 0.4) is 0 Å². The Bertz CT molecular complexity index is 985. The van der Waals surface area contributed by atoms with Gasteiger partial charge in [0.1, 0.15) is 5.82 Å². The fraction of sp³-hybridized carbons (Fsp3) is 0.263. The Labute approximate surface area is 161 Å². The minimum Gasteiger partial charge on any atom is -0.454 e. The Hall–Kier alpha value is -2.62. The highest BCUT2D eigenvalue weighted by molar-refractivity contribution is 7.89. The zero-order valence-electron chi connectivity index (χ0n) is 14.8. The standard InChI is InChI=1S/C19H18FNO6S/c20-16-5-1-3-14(11-16)18(22)13-27-19(23)15-4-2-6-17(12-15)28(24,25)21-7-9-26-10-8-21/h1-6,11-12H,7-10,13H2. The normalized spacial score (nSPS) is 15.2. The first kappa shape index (κ1) is 20.1. The molecule has 9 heteroatoms. The monoisotopic (exact) mass is 407 g/mol. The van der Waals surface area contributed by atoms with E-state index in [4.69, 9.17) is 9.47 Å². The van der Waals surface area contributed by atoms with Crippen LogP contribution in [0.5, 0.6) is 0 Å². The molecule has 0 radical (unpaired) electrons. The molecule has 0 atom stereocenters. The van der Waals surface area contributed by atoms with E-state index in [1.165, 1.54) is 46.8 Å². The Morgan fingerprint density at radius 3 is 2.43 bits per heavy atom. The first-order valence-corrected chi connectivity index (χ1v) is 9.96. The van der Waals surface area contributed by atoms with E-state index >= 15 is 0 Å². The van der Waals surface area contributed by atoms with Gasteiger partial charge in [-0.25, -0.2) is 17.6 Å². The number of benzene rings is 2. The van der Waals surface area contributed by atoms with Gasteiger partial charge in [0.15, 0.2) is 12.4 Å². The van der Waals surface area contributed by atoms with Crippen molar-refractivity contribution in [3.8, 4) is 0 Å². The predicted molar refractivity (Wildman–Crippen MR) is 97.0 cm³/mol. The van der Waals surface area contributed by atoms with E-state index in [2.05, 4.69) is 0 Å². The molecule has 28 heavy (non-hydrogen) atoms. The summed E-state index contributed by atoms with van der Waals surface area (Å²) in [7, 11) is -3.76. The van der Waals surface area contributed by atoms with Crippen LogP contribution >= 0.6 is 0 Å². The number of hydrogen-bond donors (Lipinski definition) is 0. The van der Waals surface area contributed by atoms with Crippen molar-refractivity contribution >= 4 is 21.8 Å². The van der Waals surface area contributed by atoms with Gasteiger partial charge in [-0.3, -0.25) is 4.79 Å². The predicted octanol–water partition coefficient (Wildman–Crippen LogP) is 1.89. The van der Waals surface area contributed by atoms with Crippen molar-refractivity contribution in [1.29, 1.82) is 0 Å². The lowest BCUT2D eigenvalue weighted by molar-refractivity contribution is 0.0474. The Balaban J connectivity index is 1.69. The van der Waals surface area contributed by atoms with Gasteiger partial charge in [-0.05, 0) is 30.3 Å². The van der Waals surface area contributed by atoms with E-state index in [1.807, 2.05) is 0 Å². The number of rotatable bonds is 6. The highest BCUT2D eigenvalue weighted by Crippen LogP contribution is 2.19. The molecule has 0 amide bonds. The molecule has 1 aliphatic rings. The van der Waals surface area contributed by atoms with Crippen LogP contribution in [0, 0.1) is 5.82 Å². The molecule has 1 saturated heterocycles. The number of carbonyl (C=O) groups is 2. The van der Waals surface area contributed by atoms with Crippen molar-refractivity contribution in [3.63, 3.8) is 0 Å². The molecule has 0 aliphatic carbocycles. The summed E-state index contributed by atoms with van der Waals surface area (Å²) in [6.45, 7) is 0.507. The number of hydrogen-bond acceptors (Lipinski definition) is 6. The third-order valence-corrected chi connectivity index (χ3v) is 6.05. The molecular formula is C19H18FNO6S. The lowest BCUT2D eigenvalue weighted by atomic mass is 10.1. The summed E-state index contributed by atoms with van der Waals surface area (Å²) in [6, 6.07) is 10.5. The number of esters is 1. The second-order valence-corrected chi connectivity index (χ2v) is 7.99. The number of carbonyl (C=O) groups excluding carboxylic acids is 2. The number of nitrogens with zero attached hydrogens (tertiary/aromatic N) is 1. The number of morpholine rings is 1. The molecule has 3 rings (SSSR count). The molecular weight excluding hydrogens is 389 g/mol. The smallest absolute Gasteiger partial charge is 0.338 e. The Morgan fingerprint density at radius 1 is 1.04 bits per heavy atom. The molecule has 0 spiro atoms. The fourth-order valence-electron chi connectivity index (χ4n) is 2.68. The highest BCUT2D eigenvalue weighted by Gasteiger charge is 2.27. The first-order valence-electron chi connectivity index (χ1n) is 8.52. The number of sulfonamides is 1. The SMILES string of the molecule is O=C(COC(=O)c1cccc(S(=O)(=O)N2CCOCC2)c1)c1cccc(F)c1. The molecule has 0 unspecified atom stereocenters. The van der Waals surface area contributed by atoms with Crippen molar-refractivity contribution in [2.45, 2.75) is 4.90 Å². The molecule has 0 N–H and O–H groups in total. The molecule has 1 heterocycles. The summed E-state index contributed by atoms with van der Waals surface area (Å²) < 4.78 is 49.9. The van der Waals surface area contributed by atoms with Gasteiger partial charge in [0, 0.05) is 18.7 Å². The minimum absolute atomic E-state index is 0.00127. The van der Waals surface area contributed by atoms with E-state index in [0.717, 1.165) is 6.07 Å². The van der Waals surface area contributed by atoms with Crippen LogP contribution in [0.1, 0.15) is 20.7 Å². The molecule has 2 aromatic carbocycles. The van der Waals surface area contributed by atoms with Gasteiger partial charge in [-0.15, -0.1) is 0 Å². The molecule has 7 nitrogen and oxygen atoms in total. The summed E-state index contributed by atoms with van der Waals surface area (Å²) in [5.41, 5.74) is 0.0813. The average molecular weight is 407 g/mol. The van der Waals surface area contributed by atoms with Gasteiger partial charge >= 0.3 is 5.97 Å². The molecule has 0 saturated carbocycles. The van der Waals surface area contributed by atoms with E-state index < -0.39 is 34.2 Å². The lowest BCUT2D eigenvalue weighted by Crippen LogP contribution is -2.40. The second-order valence-electron chi connectivity index (χ2n) is 6.05.